The van der Waals surface area contributed by atoms with Crippen LogP contribution in [-0.4, -0.2) is 99.9 Å². The number of nitriles is 1. The highest BCUT2D eigenvalue weighted by atomic mass is 32.2. The second-order valence-electron chi connectivity index (χ2n) is 16.2. The van der Waals surface area contributed by atoms with Crippen molar-refractivity contribution in [3.05, 3.63) is 65.9 Å². The van der Waals surface area contributed by atoms with E-state index in [0.29, 0.717) is 63.8 Å². The summed E-state index contributed by atoms with van der Waals surface area (Å²) in [5, 5.41) is 17.2. The summed E-state index contributed by atoms with van der Waals surface area (Å²) in [5.74, 6) is -0.0527. The minimum atomic E-state index is -0.650. The number of nitrogens with one attached hydrogen (secondary N) is 2. The molecule has 0 radical (unpaired) electrons. The summed E-state index contributed by atoms with van der Waals surface area (Å²) in [6.45, 7) is 7.08. The average molecular weight is 838 g/mol. The molecule has 0 bridgehead atoms. The van der Waals surface area contributed by atoms with Crippen molar-refractivity contribution in [2.75, 3.05) is 67.4 Å². The Kier molecular flexibility index (Phi) is 10.6. The van der Waals surface area contributed by atoms with Crippen LogP contribution in [0.3, 0.4) is 0 Å². The van der Waals surface area contributed by atoms with E-state index in [9.17, 15) is 19.2 Å². The van der Waals surface area contributed by atoms with Gasteiger partial charge in [-0.05, 0) is 88.1 Å². The number of halogens is 2. The zero-order valence-corrected chi connectivity index (χ0v) is 34.4. The zero-order valence-electron chi connectivity index (χ0n) is 33.6. The zero-order chi connectivity index (χ0) is 41.7. The van der Waals surface area contributed by atoms with E-state index in [1.54, 1.807) is 36.1 Å². The van der Waals surface area contributed by atoms with Gasteiger partial charge in [0, 0.05) is 74.7 Å². The quantitative estimate of drug-likeness (QED) is 0.130. The minimum Gasteiger partial charge on any atom is -0.476 e. The molecule has 4 aliphatic rings. The second kappa shape index (κ2) is 16.0. The summed E-state index contributed by atoms with van der Waals surface area (Å²) in [5.41, 5.74) is 3.13. The number of carbonyl (C=O) groups excluding carboxylic acids is 2. The number of nitrogens with zero attached hydrogens (tertiary/aromatic N) is 9. The fourth-order valence-corrected chi connectivity index (χ4v) is 9.36. The van der Waals surface area contributed by atoms with Gasteiger partial charge in [-0.1, -0.05) is 6.92 Å². The van der Waals surface area contributed by atoms with Gasteiger partial charge in [-0.3, -0.25) is 19.7 Å². The topological polar surface area (TPSA) is 157 Å². The molecule has 3 aromatic carbocycles. The monoisotopic (exact) mass is 837 g/mol. The number of piperidine rings is 1. The number of aromatic nitrogens is 4. The van der Waals surface area contributed by atoms with Crippen LogP contribution in [0.25, 0.3) is 21.9 Å². The lowest BCUT2D eigenvalue weighted by molar-refractivity contribution is -0.120. The highest BCUT2D eigenvalue weighted by Gasteiger charge is 2.54. The van der Waals surface area contributed by atoms with Crippen molar-refractivity contribution in [1.29, 1.82) is 5.26 Å². The third-order valence-electron chi connectivity index (χ3n) is 12.3. The first-order chi connectivity index (χ1) is 29.0. The Hall–Kier alpha value is -5.77. The summed E-state index contributed by atoms with van der Waals surface area (Å²) in [6.07, 6.45) is 5.98. The molecule has 60 heavy (non-hydrogen) atoms. The summed E-state index contributed by atoms with van der Waals surface area (Å²) in [6, 6.07) is 13.2. The van der Waals surface area contributed by atoms with E-state index in [2.05, 4.69) is 41.0 Å². The Balaban J connectivity index is 0.757. The number of imide groups is 1. The van der Waals surface area contributed by atoms with Gasteiger partial charge in [0.05, 0.1) is 40.7 Å². The maximum atomic E-state index is 15.6. The van der Waals surface area contributed by atoms with Crippen LogP contribution in [0, 0.1) is 34.3 Å². The van der Waals surface area contributed by atoms with E-state index < -0.39 is 11.8 Å². The van der Waals surface area contributed by atoms with Gasteiger partial charge in [-0.2, -0.15) is 10.4 Å². The first kappa shape index (κ1) is 39.7. The highest BCUT2D eigenvalue weighted by molar-refractivity contribution is 7.98. The molecule has 2 N–H and O–H groups in total. The first-order valence-corrected chi connectivity index (χ1v) is 21.0. The first-order valence-electron chi connectivity index (χ1n) is 20.2. The molecule has 4 fully saturated rings. The number of rotatable bonds is 12. The number of aryl methyl sites for hydroxylation is 1. The number of ether oxygens (including phenoxy) is 2. The standard InChI is InChI=1S/C42H45F2N11O4S/c1-4-51(2)60-50-32-8-6-30(43)39(29(32)20-45)59-27-5-7-33-34(15-27)47-38(21-46-33)58-22-25-9-12-53(13-10-25)26-18-42(19-26)23-54(24-42)36-17-35-28(16-31(36)44)40(49-52(35)3)55-14-11-37(56)48-41(55)57/h5-8,15-17,21,25-26,50H,4,9-14,18-19,22-24H2,1-3H3,(H,48,56,57). The lowest BCUT2D eigenvalue weighted by atomic mass is 9.60. The number of benzene rings is 3. The molecule has 15 nitrogen and oxygen atoms in total. The van der Waals surface area contributed by atoms with Gasteiger partial charge in [0.1, 0.15) is 23.2 Å². The molecule has 3 saturated heterocycles. The predicted molar refractivity (Wildman–Crippen MR) is 224 cm³/mol. The van der Waals surface area contributed by atoms with Crippen LogP contribution in [0.5, 0.6) is 17.4 Å². The number of amides is 3. The summed E-state index contributed by atoms with van der Waals surface area (Å²) in [7, 11) is 3.68. The van der Waals surface area contributed by atoms with E-state index in [1.807, 2.05) is 24.3 Å². The van der Waals surface area contributed by atoms with Crippen molar-refractivity contribution in [3.8, 4) is 23.4 Å². The second-order valence-corrected chi connectivity index (χ2v) is 17.3. The average Bonchev–Trinajstić information content (AvgIpc) is 3.53. The molecule has 5 heterocycles. The van der Waals surface area contributed by atoms with Crippen LogP contribution in [0.15, 0.2) is 48.7 Å². The van der Waals surface area contributed by atoms with Gasteiger partial charge >= 0.3 is 6.03 Å². The van der Waals surface area contributed by atoms with Crippen LogP contribution in [-0.2, 0) is 11.8 Å². The molecule has 3 aliphatic heterocycles. The molecule has 1 aliphatic carbocycles. The van der Waals surface area contributed by atoms with Gasteiger partial charge in [0.15, 0.2) is 17.4 Å². The van der Waals surface area contributed by atoms with Crippen molar-refractivity contribution in [1.82, 2.24) is 34.3 Å². The molecular weight excluding hydrogens is 793 g/mol. The predicted octanol–water partition coefficient (Wildman–Crippen LogP) is 6.59. The molecule has 1 spiro atoms. The molecule has 3 amide bonds. The summed E-state index contributed by atoms with van der Waals surface area (Å²) < 4.78 is 49.3. The smallest absolute Gasteiger partial charge is 0.329 e. The van der Waals surface area contributed by atoms with Crippen LogP contribution in [0.4, 0.5) is 30.8 Å². The molecular formula is C42H45F2N11O4S. The summed E-state index contributed by atoms with van der Waals surface area (Å²) >= 11 is 1.30. The Labute approximate surface area is 349 Å². The van der Waals surface area contributed by atoms with Crippen molar-refractivity contribution in [2.45, 2.75) is 45.1 Å². The third kappa shape index (κ3) is 7.61. The normalized spacial score (nSPS) is 18.5. The Morgan fingerprint density at radius 3 is 2.62 bits per heavy atom. The number of carbonyl (C=O) groups is 2. The number of fused-ring (bicyclic) bond motifs is 2. The van der Waals surface area contributed by atoms with Crippen LogP contribution in [0.2, 0.25) is 0 Å². The Morgan fingerprint density at radius 2 is 1.87 bits per heavy atom. The van der Waals surface area contributed by atoms with Gasteiger partial charge in [-0.15, -0.1) is 0 Å². The number of likely N-dealkylation sites (tertiary alicyclic amines) is 1. The molecule has 2 aromatic heterocycles. The molecule has 9 rings (SSSR count). The Morgan fingerprint density at radius 1 is 1.07 bits per heavy atom. The fourth-order valence-electron chi connectivity index (χ4n) is 8.80. The van der Waals surface area contributed by atoms with Gasteiger partial charge < -0.3 is 24.0 Å². The molecule has 0 unspecified atom stereocenters. The van der Waals surface area contributed by atoms with Crippen LogP contribution < -0.4 is 29.3 Å². The van der Waals surface area contributed by atoms with Gasteiger partial charge in [0.2, 0.25) is 11.8 Å². The van der Waals surface area contributed by atoms with Gasteiger partial charge in [-0.25, -0.2) is 27.8 Å². The van der Waals surface area contributed by atoms with Crippen molar-refractivity contribution < 1.29 is 27.8 Å². The maximum absolute atomic E-state index is 15.6. The number of hydrogen-bond donors (Lipinski definition) is 2. The van der Waals surface area contributed by atoms with Gasteiger partial charge in [0.25, 0.3) is 0 Å². The third-order valence-corrected chi connectivity index (χ3v) is 13.1. The largest absolute Gasteiger partial charge is 0.476 e. The van der Waals surface area contributed by atoms with E-state index in [-0.39, 0.29) is 41.4 Å². The number of urea groups is 1. The van der Waals surface area contributed by atoms with Crippen molar-refractivity contribution in [3.63, 3.8) is 0 Å². The molecule has 18 heteroatoms. The Bertz CT molecular complexity index is 2530. The molecule has 5 aromatic rings. The van der Waals surface area contributed by atoms with Crippen molar-refractivity contribution >= 4 is 63.2 Å². The number of anilines is 3. The lowest BCUT2D eigenvalue weighted by Crippen LogP contribution is -2.67. The minimum absolute atomic E-state index is 0.0594. The van der Waals surface area contributed by atoms with Crippen LogP contribution in [0.1, 0.15) is 44.6 Å². The molecule has 0 atom stereocenters. The fraction of sp³-hybridized carbons (Fsp3) is 0.429. The molecule has 1 saturated carbocycles. The molecule has 312 valence electrons. The lowest BCUT2D eigenvalue weighted by Gasteiger charge is -2.62. The highest BCUT2D eigenvalue weighted by Crippen LogP contribution is 2.52. The van der Waals surface area contributed by atoms with E-state index >= 15 is 4.39 Å². The maximum Gasteiger partial charge on any atom is 0.329 e. The van der Waals surface area contributed by atoms with Crippen LogP contribution >= 0.6 is 12.1 Å². The number of hydrogen-bond acceptors (Lipinski definition) is 13. The van der Waals surface area contributed by atoms with E-state index in [1.165, 1.54) is 35.2 Å². The van der Waals surface area contributed by atoms with Crippen molar-refractivity contribution in [2.24, 2.45) is 18.4 Å². The summed E-state index contributed by atoms with van der Waals surface area (Å²) in [4.78, 5) is 39.4. The van der Waals surface area contributed by atoms with E-state index in [0.717, 1.165) is 63.9 Å². The van der Waals surface area contributed by atoms with E-state index in [4.69, 9.17) is 9.47 Å². The SMILES string of the molecule is CCN(C)SNc1ccc(F)c(Oc2ccc3ncc(OCC4CCN(C5CC6(C5)CN(c5cc7c(cc5F)c(N5CCC(=O)NC5=O)nn7C)C6)CC4)nc3c2)c1C#N.